The Morgan fingerprint density at radius 1 is 1.11 bits per heavy atom. The molecular weight excluding hydrogens is 466 g/mol. The van der Waals surface area contributed by atoms with Crippen LogP contribution >= 0.6 is 0 Å². The van der Waals surface area contributed by atoms with Crippen LogP contribution in [0.1, 0.15) is 24.0 Å². The number of rotatable bonds is 5. The number of aromatic amines is 1. The predicted octanol–water partition coefficient (Wildman–Crippen LogP) is 4.00. The molecule has 2 aromatic carbocycles. The Labute approximate surface area is 202 Å². The molecule has 0 bridgehead atoms. The first kappa shape index (κ1) is 22.6. The molecule has 0 aliphatic carbocycles. The Bertz CT molecular complexity index is 1550. The number of nitrogens with one attached hydrogen (secondary N) is 2. The maximum absolute atomic E-state index is 13.6. The van der Waals surface area contributed by atoms with Gasteiger partial charge in [0.1, 0.15) is 29.4 Å². The molecule has 1 aliphatic heterocycles. The number of furan rings is 1. The summed E-state index contributed by atoms with van der Waals surface area (Å²) in [5, 5.41) is 11.6. The van der Waals surface area contributed by atoms with Gasteiger partial charge >= 0.3 is 0 Å². The normalized spacial score (nSPS) is 14.4. The second-order valence-electron chi connectivity index (χ2n) is 8.23. The van der Waals surface area contributed by atoms with Crippen molar-refractivity contribution in [2.45, 2.75) is 25.7 Å². The Morgan fingerprint density at radius 3 is 2.54 bits per heavy atom. The van der Waals surface area contributed by atoms with Gasteiger partial charge in [-0.1, -0.05) is 48.5 Å². The van der Waals surface area contributed by atoms with Crippen LogP contribution in [0.5, 0.6) is 0 Å². The minimum Gasteiger partial charge on any atom is -0.466 e. The summed E-state index contributed by atoms with van der Waals surface area (Å²) < 4.78 is 33.9. The number of carbonyl (C=O) groups excluding carboxylic acids is 1. The number of amides is 1. The van der Waals surface area contributed by atoms with Crippen LogP contribution in [0.25, 0.3) is 22.5 Å². The number of hydrazone groups is 1. The van der Waals surface area contributed by atoms with Crippen molar-refractivity contribution in [1.82, 2.24) is 15.6 Å². The number of nitrogens with zero attached hydrogens (tertiary/aromatic N) is 3. The molecule has 0 unspecified atom stereocenters. The van der Waals surface area contributed by atoms with Crippen molar-refractivity contribution >= 4 is 27.3 Å². The van der Waals surface area contributed by atoms with Crippen LogP contribution in [0, 0.1) is 13.8 Å². The third kappa shape index (κ3) is 3.91. The van der Waals surface area contributed by atoms with Crippen molar-refractivity contribution in [3.05, 3.63) is 77.7 Å². The molecule has 0 saturated carbocycles. The summed E-state index contributed by atoms with van der Waals surface area (Å²) in [6, 6.07) is 17.7. The number of carbonyl (C=O) groups is 1. The monoisotopic (exact) mass is 489 g/mol. The number of aromatic nitrogens is 2. The van der Waals surface area contributed by atoms with Gasteiger partial charge in [-0.2, -0.15) is 10.2 Å². The average molecular weight is 490 g/mol. The Balaban J connectivity index is 1.53. The Kier molecular flexibility index (Phi) is 5.52. The molecule has 1 amide bonds. The van der Waals surface area contributed by atoms with Gasteiger partial charge in [-0.25, -0.2) is 13.8 Å². The van der Waals surface area contributed by atoms with E-state index in [9.17, 15) is 13.2 Å². The van der Waals surface area contributed by atoms with Crippen LogP contribution in [0.2, 0.25) is 0 Å². The third-order valence-corrected chi connectivity index (χ3v) is 7.63. The lowest BCUT2D eigenvalue weighted by molar-refractivity contribution is -0.119. The zero-order valence-electron chi connectivity index (χ0n) is 19.4. The molecule has 4 aromatic rings. The summed E-state index contributed by atoms with van der Waals surface area (Å²) in [7, 11) is -4.04. The highest BCUT2D eigenvalue weighted by Gasteiger charge is 2.39. The summed E-state index contributed by atoms with van der Waals surface area (Å²) in [5.74, 6) is 0.831. The molecule has 9 nitrogen and oxygen atoms in total. The molecule has 2 N–H and O–H groups in total. The third-order valence-electron chi connectivity index (χ3n) is 5.83. The molecule has 2 aromatic heterocycles. The molecule has 0 saturated heterocycles. The molecule has 3 heterocycles. The van der Waals surface area contributed by atoms with Crippen LogP contribution in [-0.4, -0.2) is 36.8 Å². The van der Waals surface area contributed by atoms with Gasteiger partial charge in [0.05, 0.1) is 16.3 Å². The lowest BCUT2D eigenvalue weighted by atomic mass is 10.1. The van der Waals surface area contributed by atoms with Gasteiger partial charge in [0.25, 0.3) is 15.9 Å². The smallest absolute Gasteiger partial charge is 0.265 e. The minimum atomic E-state index is -4.04. The Morgan fingerprint density at radius 2 is 1.83 bits per heavy atom. The van der Waals surface area contributed by atoms with Gasteiger partial charge < -0.3 is 4.42 Å². The summed E-state index contributed by atoms with van der Waals surface area (Å²) in [4.78, 5) is 13.0. The van der Waals surface area contributed by atoms with E-state index in [-0.39, 0.29) is 4.90 Å². The molecule has 35 heavy (non-hydrogen) atoms. The van der Waals surface area contributed by atoms with Crippen molar-refractivity contribution in [3.63, 3.8) is 0 Å². The van der Waals surface area contributed by atoms with Gasteiger partial charge in [0, 0.05) is 16.7 Å². The van der Waals surface area contributed by atoms with Crippen molar-refractivity contribution < 1.29 is 17.6 Å². The van der Waals surface area contributed by atoms with E-state index < -0.39 is 22.5 Å². The predicted molar refractivity (Wildman–Crippen MR) is 133 cm³/mol. The van der Waals surface area contributed by atoms with E-state index in [4.69, 9.17) is 4.42 Å². The number of fused-ring (bicyclic) bond motifs is 3. The molecule has 0 radical (unpaired) electrons. The molecule has 178 valence electrons. The molecule has 5 rings (SSSR count). The number of anilines is 1. The van der Waals surface area contributed by atoms with Crippen LogP contribution in [0.4, 0.5) is 5.69 Å². The second kappa shape index (κ2) is 8.55. The number of H-pyrrole nitrogens is 1. The highest BCUT2D eigenvalue weighted by atomic mass is 32.2. The SMILES string of the molecule is C/C(=N\NC(=O)CN1c2c(-c3ccccc3)n[nH]c2-c2ccccc2S1(=O)=O)c1cc(C)oc1C. The van der Waals surface area contributed by atoms with Crippen molar-refractivity contribution in [2.24, 2.45) is 5.10 Å². The fraction of sp³-hybridized carbons (Fsp3) is 0.160. The quantitative estimate of drug-likeness (QED) is 0.324. The van der Waals surface area contributed by atoms with Gasteiger partial charge in [-0.3, -0.25) is 14.2 Å². The molecule has 10 heteroatoms. The van der Waals surface area contributed by atoms with Gasteiger partial charge in [0.2, 0.25) is 0 Å². The van der Waals surface area contributed by atoms with Crippen LogP contribution in [0.3, 0.4) is 0 Å². The van der Waals surface area contributed by atoms with E-state index in [1.165, 1.54) is 6.07 Å². The highest BCUT2D eigenvalue weighted by Crippen LogP contribution is 2.46. The maximum atomic E-state index is 13.6. The van der Waals surface area contributed by atoms with Crippen LogP contribution in [0.15, 0.2) is 75.1 Å². The van der Waals surface area contributed by atoms with Crippen molar-refractivity contribution in [1.29, 1.82) is 0 Å². The lowest BCUT2D eigenvalue weighted by Gasteiger charge is -2.29. The van der Waals surface area contributed by atoms with Gasteiger partial charge in [-0.15, -0.1) is 0 Å². The first-order valence-corrected chi connectivity index (χ1v) is 12.4. The zero-order chi connectivity index (χ0) is 24.7. The summed E-state index contributed by atoms with van der Waals surface area (Å²) in [6.07, 6.45) is 0. The van der Waals surface area contributed by atoms with Crippen LogP contribution in [-0.2, 0) is 14.8 Å². The number of hydrogen-bond donors (Lipinski definition) is 2. The highest BCUT2D eigenvalue weighted by molar-refractivity contribution is 7.93. The summed E-state index contributed by atoms with van der Waals surface area (Å²) in [5.41, 5.74) is 6.33. The maximum Gasteiger partial charge on any atom is 0.265 e. The van der Waals surface area contributed by atoms with Gasteiger partial charge in [0.15, 0.2) is 0 Å². The largest absolute Gasteiger partial charge is 0.466 e. The molecule has 0 fully saturated rings. The molecule has 0 spiro atoms. The molecule has 0 atom stereocenters. The van der Waals surface area contributed by atoms with E-state index in [1.54, 1.807) is 25.1 Å². The average Bonchev–Trinajstić information content (AvgIpc) is 3.43. The first-order valence-electron chi connectivity index (χ1n) is 10.9. The van der Waals surface area contributed by atoms with E-state index in [0.717, 1.165) is 21.2 Å². The fourth-order valence-corrected chi connectivity index (χ4v) is 5.87. The minimum absolute atomic E-state index is 0.104. The van der Waals surface area contributed by atoms with Crippen LogP contribution < -0.4 is 9.73 Å². The summed E-state index contributed by atoms with van der Waals surface area (Å²) in [6.45, 7) is 4.91. The van der Waals surface area contributed by atoms with E-state index in [0.29, 0.717) is 34.1 Å². The van der Waals surface area contributed by atoms with Crippen molar-refractivity contribution in [2.75, 3.05) is 10.8 Å². The zero-order valence-corrected chi connectivity index (χ0v) is 20.2. The fourth-order valence-electron chi connectivity index (χ4n) is 4.23. The standard InChI is InChI=1S/C25H23N5O4S/c1-15-13-20(17(3)34-15)16(2)26-27-22(31)14-30-25-23(18-9-5-4-6-10-18)28-29-24(25)19-11-7-8-12-21(19)35(30,32)33/h4-13H,14H2,1-3H3,(H,27,31)(H,28,29)/b26-16+. The number of aryl methyl sites for hydroxylation is 2. The molecular formula is C25H23N5O4S. The number of hydrogen-bond acceptors (Lipinski definition) is 6. The van der Waals surface area contributed by atoms with E-state index in [2.05, 4.69) is 20.7 Å². The summed E-state index contributed by atoms with van der Waals surface area (Å²) >= 11 is 0. The first-order chi connectivity index (χ1) is 16.8. The lowest BCUT2D eigenvalue weighted by Crippen LogP contribution is -2.41. The van der Waals surface area contributed by atoms with E-state index in [1.807, 2.05) is 50.2 Å². The van der Waals surface area contributed by atoms with Crippen molar-refractivity contribution in [3.8, 4) is 22.5 Å². The number of benzene rings is 2. The molecule has 1 aliphatic rings. The number of sulfonamides is 1. The Hall–Kier alpha value is -4.18. The van der Waals surface area contributed by atoms with E-state index >= 15 is 0 Å². The topological polar surface area (TPSA) is 121 Å². The second-order valence-corrected chi connectivity index (χ2v) is 10.1. The van der Waals surface area contributed by atoms with Gasteiger partial charge in [-0.05, 0) is 32.9 Å².